The van der Waals surface area contributed by atoms with Gasteiger partial charge < -0.3 is 14.2 Å². The molecule has 396 valence electrons. The molecular formula is C64H104O6. The first-order chi connectivity index (χ1) is 34.5. The third-order valence-electron chi connectivity index (χ3n) is 11.7. The summed E-state index contributed by atoms with van der Waals surface area (Å²) in [6.45, 7) is 6.26. The van der Waals surface area contributed by atoms with Gasteiger partial charge in [-0.1, -0.05) is 258 Å². The Hall–Kier alpha value is -4.19. The van der Waals surface area contributed by atoms with Gasteiger partial charge in [0.25, 0.3) is 0 Å². The lowest BCUT2D eigenvalue weighted by Crippen LogP contribution is -2.30. The number of rotatable bonds is 50. The van der Waals surface area contributed by atoms with Gasteiger partial charge in [0.2, 0.25) is 0 Å². The van der Waals surface area contributed by atoms with Gasteiger partial charge in [-0.05, 0) is 89.9 Å². The largest absolute Gasteiger partial charge is 0.462 e. The molecule has 0 aliphatic heterocycles. The Morgan fingerprint density at radius 2 is 0.600 bits per heavy atom. The molecule has 0 aliphatic carbocycles. The fourth-order valence-corrected chi connectivity index (χ4v) is 7.54. The van der Waals surface area contributed by atoms with Crippen LogP contribution >= 0.6 is 0 Å². The average molecular weight is 970 g/mol. The van der Waals surface area contributed by atoms with E-state index in [1.165, 1.54) is 103 Å². The van der Waals surface area contributed by atoms with E-state index in [1.807, 2.05) is 6.08 Å². The maximum Gasteiger partial charge on any atom is 0.310 e. The molecule has 1 atom stereocenters. The van der Waals surface area contributed by atoms with Gasteiger partial charge in [0, 0.05) is 12.8 Å². The van der Waals surface area contributed by atoms with Gasteiger partial charge >= 0.3 is 17.9 Å². The number of hydrogen-bond donors (Lipinski definition) is 0. The van der Waals surface area contributed by atoms with Crippen LogP contribution in [0.15, 0.2) is 122 Å². The highest BCUT2D eigenvalue weighted by molar-refractivity contribution is 5.72. The zero-order chi connectivity index (χ0) is 50.7. The number of allylic oxidation sites excluding steroid dienone is 19. The molecule has 0 N–H and O–H groups in total. The Bertz CT molecular complexity index is 1490. The van der Waals surface area contributed by atoms with E-state index in [2.05, 4.69) is 130 Å². The van der Waals surface area contributed by atoms with E-state index in [1.54, 1.807) is 6.08 Å². The van der Waals surface area contributed by atoms with Crippen molar-refractivity contribution in [3.8, 4) is 0 Å². The fourth-order valence-electron chi connectivity index (χ4n) is 7.54. The summed E-state index contributed by atoms with van der Waals surface area (Å²) >= 11 is 0. The molecule has 6 nitrogen and oxygen atoms in total. The lowest BCUT2D eigenvalue weighted by atomic mass is 10.0. The first kappa shape index (κ1) is 65.8. The molecule has 0 aromatic heterocycles. The minimum Gasteiger partial charge on any atom is -0.462 e. The number of esters is 3. The third kappa shape index (κ3) is 54.7. The molecule has 0 fully saturated rings. The van der Waals surface area contributed by atoms with Crippen molar-refractivity contribution in [3.63, 3.8) is 0 Å². The number of unbranched alkanes of at least 4 members (excludes halogenated alkanes) is 20. The Morgan fingerprint density at radius 1 is 0.314 bits per heavy atom. The molecule has 1 unspecified atom stereocenters. The summed E-state index contributed by atoms with van der Waals surface area (Å²) in [6, 6.07) is 0. The van der Waals surface area contributed by atoms with Crippen LogP contribution in [0.4, 0.5) is 0 Å². The van der Waals surface area contributed by atoms with Crippen molar-refractivity contribution in [2.45, 2.75) is 252 Å². The molecule has 0 aromatic carbocycles. The molecular weight excluding hydrogens is 865 g/mol. The Labute approximate surface area is 431 Å². The van der Waals surface area contributed by atoms with Gasteiger partial charge in [-0.2, -0.15) is 0 Å². The van der Waals surface area contributed by atoms with Crippen LogP contribution in [0.2, 0.25) is 0 Å². The maximum absolute atomic E-state index is 12.7. The summed E-state index contributed by atoms with van der Waals surface area (Å²) in [5.74, 6) is -1.06. The van der Waals surface area contributed by atoms with E-state index >= 15 is 0 Å². The predicted octanol–water partition coefficient (Wildman–Crippen LogP) is 19.3. The van der Waals surface area contributed by atoms with Crippen molar-refractivity contribution in [2.75, 3.05) is 13.2 Å². The smallest absolute Gasteiger partial charge is 0.310 e. The molecule has 6 heteroatoms. The molecule has 0 aliphatic rings. The van der Waals surface area contributed by atoms with E-state index in [0.29, 0.717) is 12.8 Å². The second-order valence-electron chi connectivity index (χ2n) is 18.5. The Kier molecular flexibility index (Phi) is 54.0. The Morgan fingerprint density at radius 3 is 0.943 bits per heavy atom. The van der Waals surface area contributed by atoms with Crippen LogP contribution < -0.4 is 0 Å². The monoisotopic (exact) mass is 969 g/mol. The van der Waals surface area contributed by atoms with Gasteiger partial charge in [0.1, 0.15) is 13.2 Å². The first-order valence-electron chi connectivity index (χ1n) is 28.5. The van der Waals surface area contributed by atoms with E-state index in [4.69, 9.17) is 14.2 Å². The first-order valence-corrected chi connectivity index (χ1v) is 28.5. The van der Waals surface area contributed by atoms with Crippen LogP contribution in [-0.2, 0) is 28.6 Å². The van der Waals surface area contributed by atoms with Crippen LogP contribution in [0.25, 0.3) is 0 Å². The Balaban J connectivity index is 4.11. The van der Waals surface area contributed by atoms with Crippen molar-refractivity contribution in [2.24, 2.45) is 0 Å². The van der Waals surface area contributed by atoms with Crippen molar-refractivity contribution in [3.05, 3.63) is 122 Å². The molecule has 0 saturated heterocycles. The van der Waals surface area contributed by atoms with Crippen LogP contribution in [0.3, 0.4) is 0 Å². The molecule has 0 saturated carbocycles. The van der Waals surface area contributed by atoms with E-state index in [9.17, 15) is 14.4 Å². The van der Waals surface area contributed by atoms with Gasteiger partial charge in [-0.3, -0.25) is 14.4 Å². The third-order valence-corrected chi connectivity index (χ3v) is 11.7. The minimum atomic E-state index is -0.830. The van der Waals surface area contributed by atoms with Gasteiger partial charge in [-0.25, -0.2) is 0 Å². The molecule has 0 aromatic rings. The van der Waals surface area contributed by atoms with Gasteiger partial charge in [0.05, 0.1) is 6.42 Å². The molecule has 0 amide bonds. The van der Waals surface area contributed by atoms with Crippen LogP contribution in [0.1, 0.15) is 245 Å². The van der Waals surface area contributed by atoms with Crippen molar-refractivity contribution >= 4 is 17.9 Å². The van der Waals surface area contributed by atoms with Crippen molar-refractivity contribution < 1.29 is 28.6 Å². The van der Waals surface area contributed by atoms with Crippen molar-refractivity contribution in [1.29, 1.82) is 0 Å². The standard InChI is InChI=1S/C64H104O6/c1-4-7-10-13-16-18-20-22-24-25-26-27-28-29-30-31-32-33-34-35-36-37-38-39-41-42-44-46-48-51-54-57-63(66)69-60-61(59-68-62(65)56-53-50-15-12-9-6-3)70-64(67)58-55-52-49-47-45-43-40-23-21-19-17-14-11-8-5-2/h7-8,10-11,16-19,22-24,26-27,29-30,40,45,47,52,55,61H,4-6,9,12-15,20-21,25,28,31-39,41-44,46,48-51,53-54,56-60H2,1-3H3/b10-7-,11-8-,18-16-,19-17-,24-22-,27-26-,30-29-,40-23-,47-45-,55-52-. The number of ether oxygens (including phenoxy) is 3. The number of hydrogen-bond acceptors (Lipinski definition) is 6. The summed E-state index contributed by atoms with van der Waals surface area (Å²) in [6.07, 6.45) is 79.8. The molecule has 0 heterocycles. The topological polar surface area (TPSA) is 78.9 Å². The quantitative estimate of drug-likeness (QED) is 0.0262. The van der Waals surface area contributed by atoms with Gasteiger partial charge in [0.15, 0.2) is 6.10 Å². The fraction of sp³-hybridized carbons (Fsp3) is 0.641. The van der Waals surface area contributed by atoms with Crippen molar-refractivity contribution in [1.82, 2.24) is 0 Å². The summed E-state index contributed by atoms with van der Waals surface area (Å²) in [4.78, 5) is 37.7. The second kappa shape index (κ2) is 57.4. The molecule has 0 rings (SSSR count). The molecule has 0 spiro atoms. The number of carbonyl (C=O) groups excluding carboxylic acids is 3. The highest BCUT2D eigenvalue weighted by atomic mass is 16.6. The number of carbonyl (C=O) groups is 3. The average Bonchev–Trinajstić information content (AvgIpc) is 3.36. The summed E-state index contributed by atoms with van der Waals surface area (Å²) < 4.78 is 16.6. The maximum atomic E-state index is 12.7. The molecule has 70 heavy (non-hydrogen) atoms. The summed E-state index contributed by atoms with van der Waals surface area (Å²) in [5, 5.41) is 0. The molecule has 0 radical (unpaired) electrons. The zero-order valence-electron chi connectivity index (χ0n) is 45.2. The van der Waals surface area contributed by atoms with E-state index in [-0.39, 0.29) is 31.6 Å². The zero-order valence-corrected chi connectivity index (χ0v) is 45.2. The van der Waals surface area contributed by atoms with Gasteiger partial charge in [-0.15, -0.1) is 0 Å². The van der Waals surface area contributed by atoms with Crippen LogP contribution in [0, 0.1) is 0 Å². The van der Waals surface area contributed by atoms with E-state index < -0.39 is 12.1 Å². The van der Waals surface area contributed by atoms with Crippen LogP contribution in [-0.4, -0.2) is 37.2 Å². The predicted molar refractivity (Wildman–Crippen MR) is 302 cm³/mol. The summed E-state index contributed by atoms with van der Waals surface area (Å²) in [5.41, 5.74) is 0. The highest BCUT2D eigenvalue weighted by Crippen LogP contribution is 2.15. The van der Waals surface area contributed by atoms with E-state index in [0.717, 1.165) is 103 Å². The highest BCUT2D eigenvalue weighted by Gasteiger charge is 2.19. The van der Waals surface area contributed by atoms with Crippen LogP contribution in [0.5, 0.6) is 0 Å². The normalized spacial score (nSPS) is 13.0. The second-order valence-corrected chi connectivity index (χ2v) is 18.5. The lowest BCUT2D eigenvalue weighted by Gasteiger charge is -2.18. The summed E-state index contributed by atoms with van der Waals surface area (Å²) in [7, 11) is 0. The SMILES string of the molecule is CC/C=C\C/C=C\C/C=C\C/C=C\C/C=C\CCCCCCCCCCCCCCCCCC(=O)OCC(COC(=O)CCCCCCCC)OC(=O)C/C=C\C/C=C\C/C=C\C/C=C\C/C=C\CC. The lowest BCUT2D eigenvalue weighted by molar-refractivity contribution is -0.166. The molecule has 0 bridgehead atoms. The minimum absolute atomic E-state index is 0.0952.